The fourth-order valence-electron chi connectivity index (χ4n) is 1.07. The van der Waals surface area contributed by atoms with Gasteiger partial charge >= 0.3 is 0 Å². The molecule has 0 aliphatic rings. The van der Waals surface area contributed by atoms with Crippen LogP contribution in [0.4, 0.5) is 18.9 Å². The predicted molar refractivity (Wildman–Crippen MR) is 56.6 cm³/mol. The number of carbonyl (C=O) groups excluding carboxylic acids is 1. The maximum atomic E-state index is 13.1. The van der Waals surface area contributed by atoms with Crippen molar-refractivity contribution in [3.05, 3.63) is 29.6 Å². The number of amides is 1. The molecule has 0 aliphatic carbocycles. The molecule has 0 atom stereocenters. The summed E-state index contributed by atoms with van der Waals surface area (Å²) in [6, 6.07) is 1.66. The van der Waals surface area contributed by atoms with E-state index in [-0.39, 0.29) is 13.1 Å². The zero-order valence-corrected chi connectivity index (χ0v) is 8.69. The Kier molecular flexibility index (Phi) is 4.55. The van der Waals surface area contributed by atoms with E-state index < -0.39 is 29.0 Å². The maximum Gasteiger partial charge on any atom is 0.238 e. The van der Waals surface area contributed by atoms with Gasteiger partial charge in [0.1, 0.15) is 0 Å². The Morgan fingerprint density at radius 2 is 2.00 bits per heavy atom. The van der Waals surface area contributed by atoms with E-state index in [2.05, 4.69) is 16.6 Å². The van der Waals surface area contributed by atoms with E-state index in [1.54, 1.807) is 0 Å². The van der Waals surface area contributed by atoms with Crippen LogP contribution in [0, 0.1) is 29.8 Å². The van der Waals surface area contributed by atoms with Crippen LogP contribution in [-0.4, -0.2) is 19.0 Å². The van der Waals surface area contributed by atoms with E-state index in [0.717, 1.165) is 12.1 Å². The van der Waals surface area contributed by atoms with E-state index in [0.29, 0.717) is 0 Å². The van der Waals surface area contributed by atoms with Gasteiger partial charge in [-0.05, 0) is 12.1 Å². The Bertz CT molecular complexity index is 469. The first-order valence-corrected chi connectivity index (χ1v) is 4.63. The molecular formula is C11H9F3N2O. The topological polar surface area (TPSA) is 41.1 Å². The largest absolute Gasteiger partial charge is 0.322 e. The molecule has 0 saturated heterocycles. The van der Waals surface area contributed by atoms with Crippen LogP contribution < -0.4 is 10.6 Å². The van der Waals surface area contributed by atoms with Crippen molar-refractivity contribution in [2.24, 2.45) is 0 Å². The number of nitrogens with one attached hydrogen (secondary N) is 2. The van der Waals surface area contributed by atoms with Crippen molar-refractivity contribution < 1.29 is 18.0 Å². The second kappa shape index (κ2) is 5.92. The van der Waals surface area contributed by atoms with Gasteiger partial charge in [-0.25, -0.2) is 13.2 Å². The molecule has 17 heavy (non-hydrogen) atoms. The molecule has 0 radical (unpaired) electrons. The first-order valence-electron chi connectivity index (χ1n) is 4.63. The van der Waals surface area contributed by atoms with Gasteiger partial charge in [-0.1, -0.05) is 5.92 Å². The minimum atomic E-state index is -1.63. The molecule has 90 valence electrons. The number of terminal acetylenes is 1. The van der Waals surface area contributed by atoms with E-state index >= 15 is 0 Å². The number of hydrogen-bond acceptors (Lipinski definition) is 2. The monoisotopic (exact) mass is 242 g/mol. The van der Waals surface area contributed by atoms with Crippen LogP contribution in [0.1, 0.15) is 0 Å². The van der Waals surface area contributed by atoms with Gasteiger partial charge in [-0.3, -0.25) is 10.1 Å². The van der Waals surface area contributed by atoms with Gasteiger partial charge in [0.25, 0.3) is 0 Å². The Hall–Kier alpha value is -2.00. The van der Waals surface area contributed by atoms with Crippen molar-refractivity contribution in [3.8, 4) is 12.3 Å². The molecule has 0 fully saturated rings. The van der Waals surface area contributed by atoms with Gasteiger partial charge in [0.15, 0.2) is 17.5 Å². The van der Waals surface area contributed by atoms with Gasteiger partial charge in [-0.15, -0.1) is 6.42 Å². The van der Waals surface area contributed by atoms with Crippen LogP contribution in [0.25, 0.3) is 0 Å². The fraction of sp³-hybridized carbons (Fsp3) is 0.182. The average molecular weight is 242 g/mol. The van der Waals surface area contributed by atoms with Gasteiger partial charge in [-0.2, -0.15) is 0 Å². The number of carbonyl (C=O) groups is 1. The third kappa shape index (κ3) is 3.50. The number of hydrogen-bond donors (Lipinski definition) is 2. The highest BCUT2D eigenvalue weighted by Crippen LogP contribution is 2.19. The minimum Gasteiger partial charge on any atom is -0.322 e. The zero-order valence-electron chi connectivity index (χ0n) is 8.69. The summed E-state index contributed by atoms with van der Waals surface area (Å²) in [4.78, 5) is 11.2. The third-order valence-electron chi connectivity index (χ3n) is 1.82. The maximum absolute atomic E-state index is 13.1. The summed E-state index contributed by atoms with van der Waals surface area (Å²) in [6.45, 7) is 0.0241. The number of halogens is 3. The average Bonchev–Trinajstić information content (AvgIpc) is 2.30. The summed E-state index contributed by atoms with van der Waals surface area (Å²) in [6.07, 6.45) is 4.93. The van der Waals surface area contributed by atoms with E-state index in [1.165, 1.54) is 0 Å². The molecule has 6 heteroatoms. The van der Waals surface area contributed by atoms with Crippen molar-refractivity contribution in [3.63, 3.8) is 0 Å². The highest BCUT2D eigenvalue weighted by Gasteiger charge is 2.14. The van der Waals surface area contributed by atoms with Gasteiger partial charge in [0, 0.05) is 0 Å². The quantitative estimate of drug-likeness (QED) is 0.474. The Morgan fingerprint density at radius 3 is 2.65 bits per heavy atom. The molecule has 0 aliphatic heterocycles. The lowest BCUT2D eigenvalue weighted by Gasteiger charge is -2.07. The molecule has 2 N–H and O–H groups in total. The number of anilines is 1. The highest BCUT2D eigenvalue weighted by atomic mass is 19.2. The van der Waals surface area contributed by atoms with Crippen LogP contribution in [-0.2, 0) is 4.79 Å². The molecular weight excluding hydrogens is 233 g/mol. The third-order valence-corrected chi connectivity index (χ3v) is 1.82. The molecule has 0 heterocycles. The minimum absolute atomic E-state index is 0.150. The van der Waals surface area contributed by atoms with Crippen LogP contribution in [0.3, 0.4) is 0 Å². The first kappa shape index (κ1) is 13.1. The number of benzene rings is 1. The fourth-order valence-corrected chi connectivity index (χ4v) is 1.07. The summed E-state index contributed by atoms with van der Waals surface area (Å²) < 4.78 is 38.5. The second-order valence-electron chi connectivity index (χ2n) is 3.08. The second-order valence-corrected chi connectivity index (χ2v) is 3.08. The lowest BCUT2D eigenvalue weighted by molar-refractivity contribution is -0.115. The molecule has 0 spiro atoms. The van der Waals surface area contributed by atoms with Gasteiger partial charge in [0.05, 0.1) is 18.8 Å². The van der Waals surface area contributed by atoms with E-state index in [4.69, 9.17) is 6.42 Å². The normalized spacial score (nSPS) is 9.76. The summed E-state index contributed by atoms with van der Waals surface area (Å²) in [5, 5.41) is 4.65. The Balaban J connectivity index is 2.66. The molecule has 1 aromatic carbocycles. The van der Waals surface area contributed by atoms with Crippen LogP contribution in [0.5, 0.6) is 0 Å². The summed E-state index contributed by atoms with van der Waals surface area (Å²) in [5.74, 6) is -2.74. The van der Waals surface area contributed by atoms with Gasteiger partial charge < -0.3 is 5.32 Å². The van der Waals surface area contributed by atoms with Gasteiger partial charge in [0.2, 0.25) is 5.91 Å². The highest BCUT2D eigenvalue weighted by molar-refractivity contribution is 5.92. The van der Waals surface area contributed by atoms with Crippen LogP contribution >= 0.6 is 0 Å². The van der Waals surface area contributed by atoms with Crippen LogP contribution in [0.2, 0.25) is 0 Å². The molecule has 0 bridgehead atoms. The lowest BCUT2D eigenvalue weighted by Crippen LogP contribution is -2.28. The molecule has 1 amide bonds. The zero-order chi connectivity index (χ0) is 12.8. The summed E-state index contributed by atoms with van der Waals surface area (Å²) in [7, 11) is 0. The Morgan fingerprint density at radius 1 is 1.29 bits per heavy atom. The van der Waals surface area contributed by atoms with Crippen molar-refractivity contribution >= 4 is 11.6 Å². The predicted octanol–water partition coefficient (Wildman–Crippen LogP) is 1.27. The molecule has 0 aromatic heterocycles. The van der Waals surface area contributed by atoms with Crippen molar-refractivity contribution in [2.75, 3.05) is 18.4 Å². The molecule has 1 rings (SSSR count). The molecule has 0 unspecified atom stereocenters. The van der Waals surface area contributed by atoms with E-state index in [9.17, 15) is 18.0 Å². The Labute approximate surface area is 96.0 Å². The van der Waals surface area contributed by atoms with Crippen molar-refractivity contribution in [2.45, 2.75) is 0 Å². The van der Waals surface area contributed by atoms with Crippen molar-refractivity contribution in [1.82, 2.24) is 5.32 Å². The first-order chi connectivity index (χ1) is 8.06. The van der Waals surface area contributed by atoms with Crippen molar-refractivity contribution in [1.29, 1.82) is 0 Å². The summed E-state index contributed by atoms with van der Waals surface area (Å²) >= 11 is 0. The SMILES string of the molecule is C#CCNCC(=O)Nc1ccc(F)c(F)c1F. The number of rotatable bonds is 4. The molecule has 0 saturated carbocycles. The van der Waals surface area contributed by atoms with Crippen LogP contribution in [0.15, 0.2) is 12.1 Å². The van der Waals surface area contributed by atoms with E-state index in [1.807, 2.05) is 0 Å². The lowest BCUT2D eigenvalue weighted by atomic mass is 10.2. The molecule has 3 nitrogen and oxygen atoms in total. The summed E-state index contributed by atoms with van der Waals surface area (Å²) in [5.41, 5.74) is -0.420. The smallest absolute Gasteiger partial charge is 0.238 e. The standard InChI is InChI=1S/C11H9F3N2O/c1-2-5-15-6-9(17)16-8-4-3-7(12)10(13)11(8)14/h1,3-4,15H,5-6H2,(H,16,17). The molecule has 1 aromatic rings.